The van der Waals surface area contributed by atoms with Crippen LogP contribution in [-0.2, 0) is 12.0 Å². The summed E-state index contributed by atoms with van der Waals surface area (Å²) in [6.07, 6.45) is 1.70. The van der Waals surface area contributed by atoms with Crippen LogP contribution in [0.25, 0.3) is 22.6 Å². The van der Waals surface area contributed by atoms with Crippen LogP contribution in [0.3, 0.4) is 0 Å². The first kappa shape index (κ1) is 24.8. The molecule has 0 atom stereocenters. The smallest absolute Gasteiger partial charge is 0.267 e. The van der Waals surface area contributed by atoms with Gasteiger partial charge in [-0.1, -0.05) is 68.8 Å². The number of hydrogen-bond acceptors (Lipinski definition) is 4. The van der Waals surface area contributed by atoms with Crippen molar-refractivity contribution >= 4 is 17.2 Å². The Morgan fingerprint density at radius 3 is 2.41 bits per heavy atom. The molecule has 5 rings (SSSR count). The Bertz CT molecular complexity index is 1660. The van der Waals surface area contributed by atoms with E-state index in [0.717, 1.165) is 16.9 Å². The quantitative estimate of drug-likeness (QED) is 0.263. The molecule has 6 nitrogen and oxygen atoms in total. The largest absolute Gasteiger partial charge is 0.485 e. The van der Waals surface area contributed by atoms with Crippen LogP contribution in [-0.4, -0.2) is 19.2 Å². The van der Waals surface area contributed by atoms with E-state index in [1.165, 1.54) is 9.96 Å². The first-order valence-corrected chi connectivity index (χ1v) is 12.6. The highest BCUT2D eigenvalue weighted by Gasteiger charge is 2.19. The third-order valence-electron chi connectivity index (χ3n) is 6.44. The summed E-state index contributed by atoms with van der Waals surface area (Å²) in [6, 6.07) is 21.4. The number of fused-ring (bicyclic) bond motifs is 1. The van der Waals surface area contributed by atoms with Gasteiger partial charge in [-0.2, -0.15) is 5.10 Å². The van der Waals surface area contributed by atoms with E-state index in [0.29, 0.717) is 40.0 Å². The summed E-state index contributed by atoms with van der Waals surface area (Å²) in [6.45, 7) is 10.7. The van der Waals surface area contributed by atoms with Gasteiger partial charge in [0.1, 0.15) is 12.3 Å². The molecule has 0 fully saturated rings. The summed E-state index contributed by atoms with van der Waals surface area (Å²) < 4.78 is 9.39. The second kappa shape index (κ2) is 9.52. The maximum absolute atomic E-state index is 13.6. The van der Waals surface area contributed by atoms with Crippen molar-refractivity contribution in [3.8, 4) is 22.7 Å². The highest BCUT2D eigenvalue weighted by molar-refractivity contribution is 6.32. The molecule has 0 aliphatic heterocycles. The number of aryl methyl sites for hydroxylation is 2. The number of nitrogens with zero attached hydrogens (tertiary/aromatic N) is 4. The van der Waals surface area contributed by atoms with Crippen molar-refractivity contribution < 1.29 is 4.74 Å². The first-order chi connectivity index (χ1) is 17.6. The van der Waals surface area contributed by atoms with Gasteiger partial charge in [-0.05, 0) is 60.7 Å². The molecule has 0 aliphatic carbocycles. The van der Waals surface area contributed by atoms with E-state index in [2.05, 4.69) is 45.0 Å². The molecule has 3 heterocycles. The maximum Gasteiger partial charge on any atom is 0.267 e. The number of hydrogen-bond donors (Lipinski definition) is 0. The van der Waals surface area contributed by atoms with Crippen LogP contribution in [0.2, 0.25) is 5.02 Å². The fourth-order valence-electron chi connectivity index (χ4n) is 4.38. The van der Waals surface area contributed by atoms with Crippen LogP contribution in [0.4, 0.5) is 0 Å². The van der Waals surface area contributed by atoms with Crippen LogP contribution in [0.1, 0.15) is 43.3 Å². The van der Waals surface area contributed by atoms with Crippen molar-refractivity contribution in [1.82, 2.24) is 19.2 Å². The lowest BCUT2D eigenvalue weighted by atomic mass is 9.87. The summed E-state index contributed by atoms with van der Waals surface area (Å²) in [5.74, 6) is 0.548. The van der Waals surface area contributed by atoms with Gasteiger partial charge in [0.05, 0.1) is 22.0 Å². The third-order valence-corrected chi connectivity index (χ3v) is 6.76. The zero-order valence-corrected chi connectivity index (χ0v) is 22.4. The molecular formula is C30H29ClN4O2. The monoisotopic (exact) mass is 512 g/mol. The maximum atomic E-state index is 13.6. The first-order valence-electron chi connectivity index (χ1n) is 12.2. The average molecular weight is 513 g/mol. The Labute approximate surface area is 221 Å². The van der Waals surface area contributed by atoms with Crippen molar-refractivity contribution in [3.05, 3.63) is 111 Å². The van der Waals surface area contributed by atoms with E-state index in [1.54, 1.807) is 16.9 Å². The Kier molecular flexibility index (Phi) is 6.38. The molecule has 0 amide bonds. The van der Waals surface area contributed by atoms with E-state index in [-0.39, 0.29) is 11.0 Å². The Morgan fingerprint density at radius 1 is 0.973 bits per heavy atom. The van der Waals surface area contributed by atoms with Crippen LogP contribution >= 0.6 is 11.6 Å². The van der Waals surface area contributed by atoms with Gasteiger partial charge in [-0.3, -0.25) is 9.20 Å². The number of rotatable bonds is 5. The van der Waals surface area contributed by atoms with Crippen LogP contribution < -0.4 is 10.3 Å². The lowest BCUT2D eigenvalue weighted by Gasteiger charge is -2.19. The van der Waals surface area contributed by atoms with E-state index in [4.69, 9.17) is 26.4 Å². The lowest BCUT2D eigenvalue weighted by Crippen LogP contribution is -2.19. The molecule has 0 unspecified atom stereocenters. The van der Waals surface area contributed by atoms with Gasteiger partial charge in [-0.15, -0.1) is 0 Å². The summed E-state index contributed by atoms with van der Waals surface area (Å²) in [5, 5.41) is 5.29. The van der Waals surface area contributed by atoms with E-state index < -0.39 is 0 Å². The number of ether oxygens (including phenoxy) is 1. The molecule has 0 aliphatic rings. The minimum atomic E-state index is -0.203. The molecule has 3 aromatic heterocycles. The third kappa shape index (κ3) is 4.77. The molecule has 0 N–H and O–H groups in total. The second-order valence-corrected chi connectivity index (χ2v) is 10.6. The molecule has 0 bridgehead atoms. The molecule has 0 radical (unpaired) electrons. The van der Waals surface area contributed by atoms with E-state index in [9.17, 15) is 4.79 Å². The summed E-state index contributed by atoms with van der Waals surface area (Å²) in [7, 11) is 0. The Hall–Kier alpha value is -3.90. The molecule has 2 aromatic carbocycles. The molecule has 0 spiro atoms. The van der Waals surface area contributed by atoms with Gasteiger partial charge < -0.3 is 4.74 Å². The minimum Gasteiger partial charge on any atom is -0.485 e. The molecule has 0 saturated heterocycles. The van der Waals surface area contributed by atoms with Crippen molar-refractivity contribution in [1.29, 1.82) is 0 Å². The second-order valence-electron chi connectivity index (χ2n) is 10.2. The molecular weight excluding hydrogens is 484 g/mol. The van der Waals surface area contributed by atoms with Gasteiger partial charge in [0.25, 0.3) is 5.56 Å². The Morgan fingerprint density at radius 2 is 1.70 bits per heavy atom. The standard InChI is InChI=1S/C30H29ClN4O2/c1-19-17-24(33-35(19)25-10-7-6-9-23(25)31)27-20(2)32-28-26(11-8-16-34(28)29(27)36)37-18-21-12-14-22(15-13-21)30(3,4)5/h6-17H,18H2,1-5H3. The van der Waals surface area contributed by atoms with Crippen molar-refractivity contribution in [2.75, 3.05) is 0 Å². The number of benzene rings is 2. The predicted octanol–water partition coefficient (Wildman–Crippen LogP) is 6.69. The molecule has 5 aromatic rings. The SMILES string of the molecule is Cc1nc2c(OCc3ccc(C(C)(C)C)cc3)cccn2c(=O)c1-c1cc(C)n(-c2ccccc2Cl)n1. The summed E-state index contributed by atoms with van der Waals surface area (Å²) >= 11 is 6.39. The normalized spacial score (nSPS) is 11.7. The van der Waals surface area contributed by atoms with Crippen molar-refractivity contribution in [2.45, 2.75) is 46.6 Å². The van der Waals surface area contributed by atoms with Gasteiger partial charge in [0, 0.05) is 11.9 Å². The van der Waals surface area contributed by atoms with Crippen LogP contribution in [0.5, 0.6) is 5.75 Å². The zero-order valence-electron chi connectivity index (χ0n) is 21.6. The van der Waals surface area contributed by atoms with Crippen molar-refractivity contribution in [3.63, 3.8) is 0 Å². The lowest BCUT2D eigenvalue weighted by molar-refractivity contribution is 0.307. The fourth-order valence-corrected chi connectivity index (χ4v) is 4.59. The van der Waals surface area contributed by atoms with Crippen LogP contribution in [0.15, 0.2) is 77.7 Å². The van der Waals surface area contributed by atoms with Gasteiger partial charge in [0.2, 0.25) is 0 Å². The minimum absolute atomic E-state index is 0.0943. The highest BCUT2D eigenvalue weighted by Crippen LogP contribution is 2.27. The van der Waals surface area contributed by atoms with Crippen molar-refractivity contribution in [2.24, 2.45) is 0 Å². The average Bonchev–Trinajstić information content (AvgIpc) is 3.23. The fraction of sp³-hybridized carbons (Fsp3) is 0.233. The number of pyridine rings is 1. The Balaban J connectivity index is 1.49. The van der Waals surface area contributed by atoms with E-state index >= 15 is 0 Å². The highest BCUT2D eigenvalue weighted by atomic mass is 35.5. The topological polar surface area (TPSA) is 61.4 Å². The summed E-state index contributed by atoms with van der Waals surface area (Å²) in [4.78, 5) is 18.4. The zero-order chi connectivity index (χ0) is 26.3. The van der Waals surface area contributed by atoms with Crippen LogP contribution in [0, 0.1) is 13.8 Å². The van der Waals surface area contributed by atoms with E-state index in [1.807, 2.05) is 50.2 Å². The number of halogens is 1. The number of para-hydroxylation sites is 1. The van der Waals surface area contributed by atoms with Gasteiger partial charge >= 0.3 is 0 Å². The summed E-state index contributed by atoms with van der Waals surface area (Å²) in [5.41, 5.74) is 5.88. The molecule has 0 saturated carbocycles. The molecule has 7 heteroatoms. The molecule has 37 heavy (non-hydrogen) atoms. The van der Waals surface area contributed by atoms with Gasteiger partial charge in [0.15, 0.2) is 11.4 Å². The molecule has 188 valence electrons. The van der Waals surface area contributed by atoms with Gasteiger partial charge in [-0.25, -0.2) is 9.67 Å². The predicted molar refractivity (Wildman–Crippen MR) is 148 cm³/mol. The number of aromatic nitrogens is 4.